The molecule has 16 heavy (non-hydrogen) atoms. The van der Waals surface area contributed by atoms with E-state index in [0.717, 1.165) is 23.1 Å². The van der Waals surface area contributed by atoms with Crippen LogP contribution in [0.3, 0.4) is 0 Å². The first-order chi connectivity index (χ1) is 7.67. The fourth-order valence-corrected chi connectivity index (χ4v) is 2.14. The van der Waals surface area contributed by atoms with E-state index in [-0.39, 0.29) is 0 Å². The Morgan fingerprint density at radius 1 is 1.56 bits per heavy atom. The normalized spacial score (nSPS) is 12.8. The number of aryl methyl sites for hydroxylation is 1. The monoisotopic (exact) mass is 286 g/mol. The van der Waals surface area contributed by atoms with Crippen molar-refractivity contribution in [3.05, 3.63) is 28.0 Å². The predicted octanol–water partition coefficient (Wildman–Crippen LogP) is 2.32. The Balaban J connectivity index is 2.68. The van der Waals surface area contributed by atoms with Crippen molar-refractivity contribution in [1.82, 2.24) is 10.3 Å². The summed E-state index contributed by atoms with van der Waals surface area (Å²) in [6, 6.07) is 2.43. The van der Waals surface area contributed by atoms with Crippen molar-refractivity contribution in [3.63, 3.8) is 0 Å². The number of rotatable bonds is 6. The Hall–Kier alpha value is -0.450. The maximum atomic E-state index is 5.19. The molecule has 0 saturated heterocycles. The van der Waals surface area contributed by atoms with Gasteiger partial charge in [0.15, 0.2) is 0 Å². The number of ether oxygens (including phenoxy) is 1. The molecule has 0 saturated carbocycles. The van der Waals surface area contributed by atoms with Crippen LogP contribution in [0.25, 0.3) is 0 Å². The average Bonchev–Trinajstić information content (AvgIpc) is 2.23. The molecule has 0 radical (unpaired) electrons. The number of likely N-dealkylation sites (N-methyl/N-ethyl adjacent to an activating group) is 1. The summed E-state index contributed by atoms with van der Waals surface area (Å²) < 4.78 is 6.22. The highest BCUT2D eigenvalue weighted by Gasteiger charge is 2.10. The maximum absolute atomic E-state index is 5.19. The van der Waals surface area contributed by atoms with E-state index in [9.17, 15) is 0 Å². The highest BCUT2D eigenvalue weighted by atomic mass is 79.9. The lowest BCUT2D eigenvalue weighted by atomic mass is 10.1. The fraction of sp³-hybridized carbons (Fsp3) is 0.583. The van der Waals surface area contributed by atoms with Gasteiger partial charge in [-0.3, -0.25) is 4.98 Å². The van der Waals surface area contributed by atoms with Crippen LogP contribution in [0.2, 0.25) is 0 Å². The lowest BCUT2D eigenvalue weighted by Gasteiger charge is -2.17. The molecule has 1 atom stereocenters. The molecule has 1 rings (SSSR count). The first kappa shape index (κ1) is 13.6. The Morgan fingerprint density at radius 3 is 2.88 bits per heavy atom. The molecule has 1 N–H and O–H groups in total. The molecule has 0 aliphatic carbocycles. The molecule has 1 aromatic heterocycles. The second kappa shape index (κ2) is 6.99. The second-order valence-electron chi connectivity index (χ2n) is 3.83. The third kappa shape index (κ3) is 4.20. The van der Waals surface area contributed by atoms with E-state index in [4.69, 9.17) is 4.74 Å². The number of nitrogens with zero attached hydrogens (tertiary/aromatic N) is 1. The lowest BCUT2D eigenvalue weighted by molar-refractivity contribution is 0.166. The van der Waals surface area contributed by atoms with E-state index in [2.05, 4.69) is 46.1 Å². The standard InChI is InChI=1S/C12H19BrN2O/c1-4-14-11(8-16-3)6-12-9(2)5-10(13)7-15-12/h5,7,11,14H,4,6,8H2,1-3H3. The summed E-state index contributed by atoms with van der Waals surface area (Å²) in [6.07, 6.45) is 2.75. The minimum Gasteiger partial charge on any atom is -0.383 e. The molecule has 1 aromatic rings. The van der Waals surface area contributed by atoms with Gasteiger partial charge in [-0.05, 0) is 41.0 Å². The highest BCUT2D eigenvalue weighted by molar-refractivity contribution is 9.10. The molecule has 4 heteroatoms. The van der Waals surface area contributed by atoms with Crippen molar-refractivity contribution in [1.29, 1.82) is 0 Å². The molecule has 90 valence electrons. The number of aromatic nitrogens is 1. The van der Waals surface area contributed by atoms with E-state index >= 15 is 0 Å². The molecule has 3 nitrogen and oxygen atoms in total. The van der Waals surface area contributed by atoms with Crippen molar-refractivity contribution < 1.29 is 4.74 Å². The molecule has 0 aromatic carbocycles. The first-order valence-corrected chi connectivity index (χ1v) is 6.30. The second-order valence-corrected chi connectivity index (χ2v) is 4.75. The zero-order valence-electron chi connectivity index (χ0n) is 10.1. The van der Waals surface area contributed by atoms with Crippen LogP contribution in [0.5, 0.6) is 0 Å². The van der Waals surface area contributed by atoms with Crippen molar-refractivity contribution in [2.75, 3.05) is 20.3 Å². The zero-order chi connectivity index (χ0) is 12.0. The van der Waals surface area contributed by atoms with Gasteiger partial charge in [-0.1, -0.05) is 6.92 Å². The molecule has 0 aliphatic rings. The van der Waals surface area contributed by atoms with Crippen molar-refractivity contribution >= 4 is 15.9 Å². The van der Waals surface area contributed by atoms with E-state index in [1.54, 1.807) is 7.11 Å². The van der Waals surface area contributed by atoms with E-state index in [0.29, 0.717) is 12.6 Å². The third-order valence-corrected chi connectivity index (χ3v) is 2.89. The third-order valence-electron chi connectivity index (χ3n) is 2.45. The molecular weight excluding hydrogens is 268 g/mol. The molecule has 0 fully saturated rings. The van der Waals surface area contributed by atoms with E-state index in [1.165, 1.54) is 5.56 Å². The number of methoxy groups -OCH3 is 1. The predicted molar refractivity (Wildman–Crippen MR) is 69.7 cm³/mol. The van der Waals surface area contributed by atoms with Crippen LogP contribution >= 0.6 is 15.9 Å². The largest absolute Gasteiger partial charge is 0.383 e. The SMILES string of the molecule is CCNC(COC)Cc1ncc(Br)cc1C. The number of hydrogen-bond acceptors (Lipinski definition) is 3. The molecule has 0 amide bonds. The summed E-state index contributed by atoms with van der Waals surface area (Å²) in [6.45, 7) is 5.85. The van der Waals surface area contributed by atoms with Crippen LogP contribution in [0, 0.1) is 6.92 Å². The van der Waals surface area contributed by atoms with Gasteiger partial charge in [0.2, 0.25) is 0 Å². The summed E-state index contributed by atoms with van der Waals surface area (Å²) in [4.78, 5) is 4.44. The van der Waals surface area contributed by atoms with Gasteiger partial charge in [0.05, 0.1) is 6.61 Å². The van der Waals surface area contributed by atoms with Gasteiger partial charge in [0.25, 0.3) is 0 Å². The lowest BCUT2D eigenvalue weighted by Crippen LogP contribution is -2.35. The van der Waals surface area contributed by atoms with Gasteiger partial charge >= 0.3 is 0 Å². The van der Waals surface area contributed by atoms with Crippen molar-refractivity contribution in [3.8, 4) is 0 Å². The van der Waals surface area contributed by atoms with Gasteiger partial charge < -0.3 is 10.1 Å². The highest BCUT2D eigenvalue weighted by Crippen LogP contribution is 2.14. The molecule has 1 heterocycles. The van der Waals surface area contributed by atoms with E-state index in [1.807, 2.05) is 6.20 Å². The van der Waals surface area contributed by atoms with Crippen LogP contribution in [0.4, 0.5) is 0 Å². The van der Waals surface area contributed by atoms with Gasteiger partial charge in [-0.2, -0.15) is 0 Å². The van der Waals surface area contributed by atoms with Crippen molar-refractivity contribution in [2.24, 2.45) is 0 Å². The summed E-state index contributed by atoms with van der Waals surface area (Å²) in [5.74, 6) is 0. The first-order valence-electron chi connectivity index (χ1n) is 5.50. The maximum Gasteiger partial charge on any atom is 0.0619 e. The Bertz CT molecular complexity index is 325. The number of nitrogens with one attached hydrogen (secondary N) is 1. The minimum atomic E-state index is 0.336. The molecule has 0 aliphatic heterocycles. The summed E-state index contributed by atoms with van der Waals surface area (Å²) in [7, 11) is 1.73. The van der Waals surface area contributed by atoms with Gasteiger partial charge in [0.1, 0.15) is 0 Å². The quantitative estimate of drug-likeness (QED) is 0.872. The van der Waals surface area contributed by atoms with Crippen LogP contribution in [0.1, 0.15) is 18.2 Å². The number of hydrogen-bond donors (Lipinski definition) is 1. The summed E-state index contributed by atoms with van der Waals surface area (Å²) >= 11 is 3.42. The van der Waals surface area contributed by atoms with Gasteiger partial charge in [-0.25, -0.2) is 0 Å². The van der Waals surface area contributed by atoms with Crippen LogP contribution in [-0.2, 0) is 11.2 Å². The molecule has 0 bridgehead atoms. The molecular formula is C12H19BrN2O. The van der Waals surface area contributed by atoms with Gasteiger partial charge in [0, 0.05) is 35.9 Å². The number of pyridine rings is 1. The average molecular weight is 287 g/mol. The van der Waals surface area contributed by atoms with Crippen LogP contribution in [0.15, 0.2) is 16.7 Å². The summed E-state index contributed by atoms with van der Waals surface area (Å²) in [5.41, 5.74) is 2.35. The smallest absolute Gasteiger partial charge is 0.0619 e. The Kier molecular flexibility index (Phi) is 5.95. The fourth-order valence-electron chi connectivity index (χ4n) is 1.70. The minimum absolute atomic E-state index is 0.336. The number of halogens is 1. The molecule has 0 spiro atoms. The summed E-state index contributed by atoms with van der Waals surface area (Å²) in [5, 5.41) is 3.40. The van der Waals surface area contributed by atoms with Crippen LogP contribution < -0.4 is 5.32 Å². The topological polar surface area (TPSA) is 34.1 Å². The Morgan fingerprint density at radius 2 is 2.31 bits per heavy atom. The molecule has 1 unspecified atom stereocenters. The zero-order valence-corrected chi connectivity index (χ0v) is 11.7. The van der Waals surface area contributed by atoms with E-state index < -0.39 is 0 Å². The Labute approximate surface area is 106 Å². The van der Waals surface area contributed by atoms with Crippen molar-refractivity contribution in [2.45, 2.75) is 26.3 Å². The van der Waals surface area contributed by atoms with Crippen LogP contribution in [-0.4, -0.2) is 31.3 Å². The van der Waals surface area contributed by atoms with Gasteiger partial charge in [-0.15, -0.1) is 0 Å².